The van der Waals surface area contributed by atoms with Crippen LogP contribution < -0.4 is 10.1 Å². The maximum Gasteiger partial charge on any atom is 0.340 e. The Kier molecular flexibility index (Phi) is 6.13. The highest BCUT2D eigenvalue weighted by molar-refractivity contribution is 6.04. The quantitative estimate of drug-likeness (QED) is 0.557. The van der Waals surface area contributed by atoms with Crippen LogP contribution in [-0.4, -0.2) is 56.4 Å². The van der Waals surface area contributed by atoms with Gasteiger partial charge >= 0.3 is 12.3 Å². The predicted molar refractivity (Wildman–Crippen MR) is 97.9 cm³/mol. The number of nitrogens with zero attached hydrogens (tertiary/aromatic N) is 5. The molecule has 0 atom stereocenters. The Balaban J connectivity index is 1.77. The van der Waals surface area contributed by atoms with Gasteiger partial charge in [-0.25, -0.2) is 8.78 Å². The molecule has 0 aliphatic rings. The molecule has 0 saturated heterocycles. The Morgan fingerprint density at radius 1 is 1.33 bits per heavy atom. The molecule has 0 aromatic carbocycles. The number of halogens is 4. The summed E-state index contributed by atoms with van der Waals surface area (Å²) < 4.78 is 56.7. The molecule has 12 heteroatoms. The van der Waals surface area contributed by atoms with Crippen LogP contribution in [0.25, 0.3) is 10.9 Å². The van der Waals surface area contributed by atoms with E-state index < -0.39 is 19.0 Å². The summed E-state index contributed by atoms with van der Waals surface area (Å²) in [6, 6.07) is 3.18. The number of carbonyl (C=O) groups is 1. The SMILES string of the molecule is CCNC(=O)c1nccc2nn(Cc3cc(C)c(OCC(F)(F)C(F)F)nn3)cc12. The van der Waals surface area contributed by atoms with Crippen molar-refractivity contribution >= 4 is 16.8 Å². The van der Waals surface area contributed by atoms with E-state index in [1.807, 2.05) is 0 Å². The first-order valence-corrected chi connectivity index (χ1v) is 8.93. The van der Waals surface area contributed by atoms with Crippen molar-refractivity contribution in [3.05, 3.63) is 41.5 Å². The van der Waals surface area contributed by atoms with Gasteiger partial charge in [-0.15, -0.1) is 10.2 Å². The molecule has 3 aromatic heterocycles. The third-order valence-corrected chi connectivity index (χ3v) is 4.07. The summed E-state index contributed by atoms with van der Waals surface area (Å²) in [5, 5.41) is 15.2. The fourth-order valence-electron chi connectivity index (χ4n) is 2.64. The van der Waals surface area contributed by atoms with Crippen LogP contribution in [0.5, 0.6) is 5.88 Å². The fraction of sp³-hybridized carbons (Fsp3) is 0.389. The molecule has 3 aromatic rings. The number of fused-ring (bicyclic) bond motifs is 1. The van der Waals surface area contributed by atoms with E-state index in [1.165, 1.54) is 23.9 Å². The van der Waals surface area contributed by atoms with Gasteiger partial charge in [-0.2, -0.15) is 13.9 Å². The molecule has 0 aliphatic carbocycles. The minimum absolute atomic E-state index is 0.171. The summed E-state index contributed by atoms with van der Waals surface area (Å²) in [5.74, 6) is -4.86. The lowest BCUT2D eigenvalue weighted by molar-refractivity contribution is -0.148. The number of carbonyl (C=O) groups excluding carboxylic acids is 1. The number of aryl methyl sites for hydroxylation is 1. The van der Waals surface area contributed by atoms with Crippen molar-refractivity contribution in [2.75, 3.05) is 13.2 Å². The molecular weight excluding hydrogens is 408 g/mol. The highest BCUT2D eigenvalue weighted by atomic mass is 19.3. The van der Waals surface area contributed by atoms with Gasteiger partial charge in [0.25, 0.3) is 5.91 Å². The van der Waals surface area contributed by atoms with Crippen molar-refractivity contribution in [1.29, 1.82) is 0 Å². The van der Waals surface area contributed by atoms with Gasteiger partial charge in [-0.1, -0.05) is 0 Å². The molecule has 1 N–H and O–H groups in total. The van der Waals surface area contributed by atoms with E-state index >= 15 is 0 Å². The molecule has 160 valence electrons. The largest absolute Gasteiger partial charge is 0.470 e. The second-order valence-corrected chi connectivity index (χ2v) is 6.45. The number of nitrogens with one attached hydrogen (secondary N) is 1. The molecule has 0 radical (unpaired) electrons. The molecule has 0 aliphatic heterocycles. The normalized spacial score (nSPS) is 11.8. The van der Waals surface area contributed by atoms with Gasteiger partial charge in [-0.3, -0.25) is 14.5 Å². The van der Waals surface area contributed by atoms with Crippen LogP contribution in [0.3, 0.4) is 0 Å². The Bertz CT molecular complexity index is 1060. The van der Waals surface area contributed by atoms with Crippen molar-refractivity contribution in [1.82, 2.24) is 30.3 Å². The first kappa shape index (κ1) is 21.4. The van der Waals surface area contributed by atoms with Gasteiger partial charge in [0.05, 0.1) is 23.1 Å². The molecule has 1 amide bonds. The molecule has 0 spiro atoms. The number of hydrogen-bond acceptors (Lipinski definition) is 6. The highest BCUT2D eigenvalue weighted by Crippen LogP contribution is 2.25. The maximum atomic E-state index is 13.0. The van der Waals surface area contributed by atoms with E-state index in [4.69, 9.17) is 4.74 Å². The maximum absolute atomic E-state index is 13.0. The van der Waals surface area contributed by atoms with Gasteiger partial charge in [0.2, 0.25) is 5.88 Å². The molecule has 3 heterocycles. The van der Waals surface area contributed by atoms with Crippen molar-refractivity contribution in [2.24, 2.45) is 0 Å². The number of rotatable bonds is 8. The van der Waals surface area contributed by atoms with E-state index in [-0.39, 0.29) is 24.0 Å². The number of amides is 1. The third-order valence-electron chi connectivity index (χ3n) is 4.07. The van der Waals surface area contributed by atoms with Crippen LogP contribution in [-0.2, 0) is 6.54 Å². The minimum Gasteiger partial charge on any atom is -0.470 e. The average Bonchev–Trinajstić information content (AvgIpc) is 3.09. The van der Waals surface area contributed by atoms with Crippen LogP contribution in [0.2, 0.25) is 0 Å². The molecule has 8 nitrogen and oxygen atoms in total. The van der Waals surface area contributed by atoms with Crippen LogP contribution in [0.1, 0.15) is 28.7 Å². The lowest BCUT2D eigenvalue weighted by atomic mass is 10.2. The fourth-order valence-corrected chi connectivity index (χ4v) is 2.64. The summed E-state index contributed by atoms with van der Waals surface area (Å²) in [7, 11) is 0. The average molecular weight is 426 g/mol. The van der Waals surface area contributed by atoms with Crippen LogP contribution >= 0.6 is 0 Å². The Labute approximate surface area is 168 Å². The lowest BCUT2D eigenvalue weighted by Gasteiger charge is -2.16. The molecule has 0 bridgehead atoms. The zero-order valence-corrected chi connectivity index (χ0v) is 16.1. The van der Waals surface area contributed by atoms with Crippen LogP contribution in [0.15, 0.2) is 24.5 Å². The van der Waals surface area contributed by atoms with Crippen molar-refractivity contribution < 1.29 is 27.1 Å². The molecule has 0 unspecified atom stereocenters. The third kappa shape index (κ3) is 4.63. The molecule has 3 rings (SSSR count). The number of alkyl halides is 4. The summed E-state index contributed by atoms with van der Waals surface area (Å²) in [6.45, 7) is 2.46. The molecular formula is C18H18F4N6O2. The standard InChI is InChI=1S/C18H18F4N6O2/c1-3-23-15(29)14-12-8-28(27-13(12)4-5-24-14)7-11-6-10(2)16(26-25-11)30-9-18(21,22)17(19)20/h4-6,8,17H,3,7,9H2,1-2H3,(H,23,29). The summed E-state index contributed by atoms with van der Waals surface area (Å²) in [6.07, 6.45) is -0.717. The molecule has 0 fully saturated rings. The smallest absolute Gasteiger partial charge is 0.340 e. The van der Waals surface area contributed by atoms with Gasteiger partial charge in [0, 0.05) is 24.5 Å². The van der Waals surface area contributed by atoms with E-state index in [1.54, 1.807) is 19.2 Å². The number of hydrogen-bond donors (Lipinski definition) is 1. The molecule has 30 heavy (non-hydrogen) atoms. The predicted octanol–water partition coefficient (Wildman–Crippen LogP) is 2.61. The Morgan fingerprint density at radius 3 is 2.77 bits per heavy atom. The molecule has 0 saturated carbocycles. The van der Waals surface area contributed by atoms with Crippen molar-refractivity contribution in [3.63, 3.8) is 0 Å². The minimum atomic E-state index is -4.28. The van der Waals surface area contributed by atoms with E-state index in [2.05, 4.69) is 25.6 Å². The summed E-state index contributed by atoms with van der Waals surface area (Å²) in [5.41, 5.74) is 1.59. The van der Waals surface area contributed by atoms with Crippen molar-refractivity contribution in [2.45, 2.75) is 32.7 Å². The van der Waals surface area contributed by atoms with E-state index in [0.717, 1.165) is 0 Å². The van der Waals surface area contributed by atoms with Crippen LogP contribution in [0, 0.1) is 6.92 Å². The van der Waals surface area contributed by atoms with E-state index in [9.17, 15) is 22.4 Å². The number of pyridine rings is 1. The number of ether oxygens (including phenoxy) is 1. The lowest BCUT2D eigenvalue weighted by Crippen LogP contribution is -2.34. The summed E-state index contributed by atoms with van der Waals surface area (Å²) >= 11 is 0. The Morgan fingerprint density at radius 2 is 2.10 bits per heavy atom. The first-order valence-electron chi connectivity index (χ1n) is 8.93. The second-order valence-electron chi connectivity index (χ2n) is 6.45. The number of aromatic nitrogens is 5. The first-order chi connectivity index (χ1) is 14.2. The zero-order valence-electron chi connectivity index (χ0n) is 16.1. The van der Waals surface area contributed by atoms with Gasteiger partial charge in [0.15, 0.2) is 6.61 Å². The van der Waals surface area contributed by atoms with E-state index in [0.29, 0.717) is 28.7 Å². The zero-order chi connectivity index (χ0) is 21.9. The van der Waals surface area contributed by atoms with Gasteiger partial charge in [-0.05, 0) is 26.0 Å². The summed E-state index contributed by atoms with van der Waals surface area (Å²) in [4.78, 5) is 16.2. The van der Waals surface area contributed by atoms with Gasteiger partial charge in [0.1, 0.15) is 5.69 Å². The van der Waals surface area contributed by atoms with Gasteiger partial charge < -0.3 is 10.1 Å². The highest BCUT2D eigenvalue weighted by Gasteiger charge is 2.42. The van der Waals surface area contributed by atoms with Crippen LogP contribution in [0.4, 0.5) is 17.6 Å². The Hall–Kier alpha value is -3.31. The second kappa shape index (κ2) is 8.59. The monoisotopic (exact) mass is 426 g/mol. The topological polar surface area (TPSA) is 94.8 Å². The van der Waals surface area contributed by atoms with Crippen molar-refractivity contribution in [3.8, 4) is 5.88 Å².